The van der Waals surface area contributed by atoms with Crippen LogP contribution in [-0.2, 0) is 31.3 Å². The predicted molar refractivity (Wildman–Crippen MR) is 179 cm³/mol. The van der Waals surface area contributed by atoms with Crippen LogP contribution >= 0.6 is 11.6 Å². The summed E-state index contributed by atoms with van der Waals surface area (Å²) in [7, 11) is -0.723. The number of aryl methyl sites for hydroxylation is 1. The van der Waals surface area contributed by atoms with Crippen LogP contribution in [0.25, 0.3) is 0 Å². The number of nitrogens with zero attached hydrogens (tertiary/aromatic N) is 1. The number of sulfonamides is 1. The Labute approximate surface area is 273 Å². The summed E-state index contributed by atoms with van der Waals surface area (Å²) in [6.07, 6.45) is 11.6. The smallest absolute Gasteiger partial charge is 0.264 e. The average Bonchev–Trinajstić information content (AvgIpc) is 3.16. The highest BCUT2D eigenvalue weighted by atomic mass is 35.5. The predicted octanol–water partition coefficient (Wildman–Crippen LogP) is 6.45. The molecule has 3 aliphatic rings. The summed E-state index contributed by atoms with van der Waals surface area (Å²) in [6.45, 7) is 4.31. The molecule has 5 rings (SSSR count). The number of allylic oxidation sites excluding steroid dienone is 1. The molecule has 1 spiro atoms. The second-order valence-electron chi connectivity index (χ2n) is 12.9. The van der Waals surface area contributed by atoms with Gasteiger partial charge in [0.15, 0.2) is 0 Å². The summed E-state index contributed by atoms with van der Waals surface area (Å²) >= 11 is 6.39. The van der Waals surface area contributed by atoms with Crippen molar-refractivity contribution >= 4 is 33.2 Å². The molecule has 2 aromatic carbocycles. The normalized spacial score (nSPS) is 28.1. The number of fused-ring (bicyclic) bond motifs is 3. The number of benzene rings is 2. The Hall–Kier alpha value is -2.59. The Morgan fingerprint density at radius 1 is 1.09 bits per heavy atom. The zero-order valence-electron chi connectivity index (χ0n) is 26.7. The maximum Gasteiger partial charge on any atom is 0.264 e. The van der Waals surface area contributed by atoms with E-state index in [0.29, 0.717) is 24.3 Å². The number of halogens is 1. The number of carbonyl (C=O) groups is 1. The van der Waals surface area contributed by atoms with E-state index in [9.17, 15) is 13.2 Å². The molecular formula is C35H47ClN2O6S. The third-order valence-electron chi connectivity index (χ3n) is 9.63. The molecule has 0 radical (unpaired) electrons. The van der Waals surface area contributed by atoms with E-state index in [0.717, 1.165) is 68.7 Å². The monoisotopic (exact) mass is 658 g/mol. The molecule has 45 heavy (non-hydrogen) atoms. The molecule has 2 heterocycles. The Morgan fingerprint density at radius 3 is 2.73 bits per heavy atom. The van der Waals surface area contributed by atoms with Crippen molar-refractivity contribution in [1.29, 1.82) is 0 Å². The molecule has 2 aromatic rings. The molecule has 0 saturated carbocycles. The summed E-state index contributed by atoms with van der Waals surface area (Å²) < 4.78 is 47.1. The highest BCUT2D eigenvalue weighted by Gasteiger charge is 2.42. The van der Waals surface area contributed by atoms with Crippen molar-refractivity contribution in [2.45, 2.75) is 81.5 Å². The molecule has 10 heteroatoms. The standard InChI is InChI=1S/C35H47ClN2O6S/c1-25-10-13-29(43-3)9-5-4-6-18-38-23-35(17-7-8-26-21-28(36)12-14-31(26)35)24-44-33-15-11-27(22-32(33)38)34(39)37-45(40,41)30(20-25)16-19-42-2/h10-15,21-22,25,29-30H,4-9,16-20,23-24H2,1-3H3,(H,37,39)/b13-10+/t25-,29-,30+,35+/m1/s1. The number of carbonyl (C=O) groups excluding carboxylic acids is 1. The van der Waals surface area contributed by atoms with Crippen molar-refractivity contribution in [3.8, 4) is 5.75 Å². The zero-order chi connectivity index (χ0) is 32.0. The number of methoxy groups -OCH3 is 2. The fourth-order valence-electron chi connectivity index (χ4n) is 7.14. The molecule has 246 valence electrons. The third kappa shape index (κ3) is 8.05. The van der Waals surface area contributed by atoms with Gasteiger partial charge in [-0.05, 0) is 92.3 Å². The first-order chi connectivity index (χ1) is 21.6. The maximum atomic E-state index is 13.6. The van der Waals surface area contributed by atoms with Gasteiger partial charge in [-0.1, -0.05) is 49.6 Å². The highest BCUT2D eigenvalue weighted by molar-refractivity contribution is 7.90. The lowest BCUT2D eigenvalue weighted by molar-refractivity contribution is 0.0980. The van der Waals surface area contributed by atoms with E-state index in [1.807, 2.05) is 31.2 Å². The summed E-state index contributed by atoms with van der Waals surface area (Å²) in [5.74, 6) is 0.0419. The van der Waals surface area contributed by atoms with Gasteiger partial charge >= 0.3 is 0 Å². The van der Waals surface area contributed by atoms with Crippen molar-refractivity contribution in [2.24, 2.45) is 5.92 Å². The van der Waals surface area contributed by atoms with Crippen LogP contribution in [0, 0.1) is 5.92 Å². The van der Waals surface area contributed by atoms with Gasteiger partial charge in [0.05, 0.1) is 23.6 Å². The minimum atomic E-state index is -3.99. The van der Waals surface area contributed by atoms with E-state index in [4.69, 9.17) is 25.8 Å². The number of amides is 1. The van der Waals surface area contributed by atoms with Gasteiger partial charge in [0.25, 0.3) is 5.91 Å². The first-order valence-corrected chi connectivity index (χ1v) is 18.1. The van der Waals surface area contributed by atoms with E-state index >= 15 is 0 Å². The maximum absolute atomic E-state index is 13.6. The second kappa shape index (κ2) is 14.9. The number of hydrogen-bond acceptors (Lipinski definition) is 7. The number of hydrogen-bond donors (Lipinski definition) is 1. The van der Waals surface area contributed by atoms with Crippen molar-refractivity contribution < 1.29 is 27.4 Å². The molecule has 8 nitrogen and oxygen atoms in total. The lowest BCUT2D eigenvalue weighted by Crippen LogP contribution is -2.46. The molecule has 1 aliphatic carbocycles. The summed E-state index contributed by atoms with van der Waals surface area (Å²) in [5.41, 5.74) is 3.44. The first kappa shape index (κ1) is 33.8. The van der Waals surface area contributed by atoms with Crippen molar-refractivity contribution in [1.82, 2.24) is 4.72 Å². The SMILES string of the molecule is COCC[C@H]1C[C@H](C)/C=C/[C@H](OC)CCCCCN2C[C@@]3(CCCc4cc(Cl)ccc43)COc3ccc(cc32)C(=O)NS1(=O)=O. The van der Waals surface area contributed by atoms with E-state index in [2.05, 4.69) is 21.8 Å². The topological polar surface area (TPSA) is 94.2 Å². The van der Waals surface area contributed by atoms with E-state index in [1.54, 1.807) is 26.4 Å². The van der Waals surface area contributed by atoms with Crippen LogP contribution in [-0.4, -0.2) is 66.2 Å². The molecular weight excluding hydrogens is 612 g/mol. The molecule has 0 aromatic heterocycles. The lowest BCUT2D eigenvalue weighted by Gasteiger charge is -2.41. The Morgan fingerprint density at radius 2 is 1.93 bits per heavy atom. The minimum absolute atomic E-state index is 0.0264. The van der Waals surface area contributed by atoms with Crippen molar-refractivity contribution in [2.75, 3.05) is 45.4 Å². The van der Waals surface area contributed by atoms with Crippen molar-refractivity contribution in [3.63, 3.8) is 0 Å². The molecule has 0 saturated heterocycles. The molecule has 4 atom stereocenters. The summed E-state index contributed by atoms with van der Waals surface area (Å²) in [5, 5.41) is -0.0461. The van der Waals surface area contributed by atoms with Crippen LogP contribution < -0.4 is 14.4 Å². The second-order valence-corrected chi connectivity index (χ2v) is 15.3. The minimum Gasteiger partial charge on any atom is -0.490 e. The lowest BCUT2D eigenvalue weighted by atomic mass is 9.70. The number of rotatable bonds is 4. The van der Waals surface area contributed by atoms with Gasteiger partial charge in [-0.2, -0.15) is 0 Å². The molecule has 1 N–H and O–H groups in total. The Kier molecular flexibility index (Phi) is 11.2. The Balaban J connectivity index is 1.50. The highest BCUT2D eigenvalue weighted by Crippen LogP contribution is 2.44. The quantitative estimate of drug-likeness (QED) is 0.378. The summed E-state index contributed by atoms with van der Waals surface area (Å²) in [4.78, 5) is 15.9. The molecule has 0 fully saturated rings. The van der Waals surface area contributed by atoms with E-state index < -0.39 is 21.2 Å². The van der Waals surface area contributed by atoms with Gasteiger partial charge in [-0.15, -0.1) is 0 Å². The van der Waals surface area contributed by atoms with Gasteiger partial charge in [0.2, 0.25) is 10.0 Å². The van der Waals surface area contributed by atoms with Crippen LogP contribution in [0.4, 0.5) is 5.69 Å². The number of ether oxygens (including phenoxy) is 3. The van der Waals surface area contributed by atoms with Crippen LogP contribution in [0.15, 0.2) is 48.6 Å². The van der Waals surface area contributed by atoms with E-state index in [1.165, 1.54) is 11.1 Å². The number of nitrogens with one attached hydrogen (secondary N) is 1. The van der Waals surface area contributed by atoms with Gasteiger partial charge in [0, 0.05) is 49.9 Å². The van der Waals surface area contributed by atoms with Crippen LogP contribution in [0.3, 0.4) is 0 Å². The van der Waals surface area contributed by atoms with Gasteiger partial charge in [0.1, 0.15) is 5.75 Å². The average molecular weight is 659 g/mol. The molecule has 1 amide bonds. The van der Waals surface area contributed by atoms with Crippen LogP contribution in [0.1, 0.15) is 79.8 Å². The largest absolute Gasteiger partial charge is 0.490 e. The molecule has 2 aliphatic heterocycles. The van der Waals surface area contributed by atoms with Gasteiger partial charge < -0.3 is 19.1 Å². The Bertz CT molecular complexity index is 1480. The zero-order valence-corrected chi connectivity index (χ0v) is 28.3. The fraction of sp³-hybridized carbons (Fsp3) is 0.571. The van der Waals surface area contributed by atoms with Crippen LogP contribution in [0.2, 0.25) is 5.02 Å². The third-order valence-corrected chi connectivity index (χ3v) is 11.6. The molecule has 2 bridgehead atoms. The summed E-state index contributed by atoms with van der Waals surface area (Å²) in [6, 6.07) is 11.5. The van der Waals surface area contributed by atoms with Crippen molar-refractivity contribution in [3.05, 3.63) is 70.3 Å². The van der Waals surface area contributed by atoms with Gasteiger partial charge in [-0.25, -0.2) is 13.1 Å². The fourth-order valence-corrected chi connectivity index (χ4v) is 8.84. The number of anilines is 1. The van der Waals surface area contributed by atoms with E-state index in [-0.39, 0.29) is 30.5 Å². The van der Waals surface area contributed by atoms with Crippen LogP contribution in [0.5, 0.6) is 5.75 Å². The van der Waals surface area contributed by atoms with Gasteiger partial charge in [-0.3, -0.25) is 4.79 Å². The molecule has 0 unspecified atom stereocenters. The first-order valence-electron chi connectivity index (χ1n) is 16.2.